The van der Waals surface area contributed by atoms with E-state index in [0.29, 0.717) is 6.07 Å². The third-order valence-corrected chi connectivity index (χ3v) is 4.93. The van der Waals surface area contributed by atoms with E-state index in [2.05, 4.69) is 0 Å². The quantitative estimate of drug-likeness (QED) is 0.355. The van der Waals surface area contributed by atoms with Crippen LogP contribution < -0.4 is 4.74 Å². The zero-order chi connectivity index (χ0) is 22.2. The number of alkyl halides is 5. The van der Waals surface area contributed by atoms with Gasteiger partial charge in [0, 0.05) is 5.56 Å². The number of aliphatic hydroxyl groups is 1. The first-order chi connectivity index (χ1) is 14.0. The Kier molecular flexibility index (Phi) is 5.68. The Morgan fingerprint density at radius 3 is 2.20 bits per heavy atom. The molecule has 3 nitrogen and oxygen atoms in total. The van der Waals surface area contributed by atoms with E-state index < -0.39 is 41.7 Å². The smallest absolute Gasteiger partial charge is 0.454 e. The summed E-state index contributed by atoms with van der Waals surface area (Å²) in [5.41, 5.74) is -2.62. The van der Waals surface area contributed by atoms with E-state index in [-0.39, 0.29) is 29.5 Å². The number of carbonyl (C=O) groups excluding carboxylic acids is 1. The molecule has 30 heavy (non-hydrogen) atoms. The largest absolute Gasteiger partial charge is 0.454 e. The van der Waals surface area contributed by atoms with Gasteiger partial charge in [-0.1, -0.05) is 12.1 Å². The van der Waals surface area contributed by atoms with Gasteiger partial charge in [-0.25, -0.2) is 4.39 Å². The fourth-order valence-corrected chi connectivity index (χ4v) is 3.13. The van der Waals surface area contributed by atoms with Gasteiger partial charge in [0.1, 0.15) is 5.75 Å². The highest BCUT2D eigenvalue weighted by molar-refractivity contribution is 6.04. The third-order valence-electron chi connectivity index (χ3n) is 4.93. The summed E-state index contributed by atoms with van der Waals surface area (Å²) in [6.45, 7) is -0.293. The second-order valence-electron chi connectivity index (χ2n) is 6.88. The molecule has 0 unspecified atom stereocenters. The molecule has 0 spiro atoms. The highest BCUT2D eigenvalue weighted by atomic mass is 19.4. The number of rotatable bonds is 7. The summed E-state index contributed by atoms with van der Waals surface area (Å²) >= 11 is 0. The molecule has 1 N–H and O–H groups in total. The number of benzene rings is 2. The van der Waals surface area contributed by atoms with Crippen LogP contribution >= 0.6 is 0 Å². The maximum Gasteiger partial charge on any atom is 0.454 e. The molecular formula is C21H16F6O3. The van der Waals surface area contributed by atoms with Gasteiger partial charge in [0.15, 0.2) is 17.3 Å². The average Bonchev–Trinajstić information content (AvgIpc) is 3.50. The van der Waals surface area contributed by atoms with E-state index in [1.54, 1.807) is 0 Å². The maximum absolute atomic E-state index is 14.4. The first-order valence-corrected chi connectivity index (χ1v) is 8.86. The molecule has 1 aliphatic rings. The fourth-order valence-electron chi connectivity index (χ4n) is 3.13. The van der Waals surface area contributed by atoms with Crippen LogP contribution in [0.2, 0.25) is 0 Å². The summed E-state index contributed by atoms with van der Waals surface area (Å²) in [6, 6.07) is 8.17. The minimum absolute atomic E-state index is 0.131. The Morgan fingerprint density at radius 2 is 1.70 bits per heavy atom. The molecule has 0 radical (unpaired) electrons. The number of aliphatic hydroxyl groups excluding tert-OH is 1. The van der Waals surface area contributed by atoms with Gasteiger partial charge in [-0.3, -0.25) is 4.79 Å². The van der Waals surface area contributed by atoms with Crippen LogP contribution in [0.3, 0.4) is 0 Å². The lowest BCUT2D eigenvalue weighted by Gasteiger charge is -2.29. The van der Waals surface area contributed by atoms with Crippen molar-refractivity contribution in [3.8, 4) is 11.5 Å². The topological polar surface area (TPSA) is 46.5 Å². The lowest BCUT2D eigenvalue weighted by atomic mass is 9.88. The second kappa shape index (κ2) is 7.79. The zero-order valence-electron chi connectivity index (χ0n) is 15.3. The van der Waals surface area contributed by atoms with Crippen molar-refractivity contribution in [3.63, 3.8) is 0 Å². The standard InChI is InChI=1S/C21H16F6O3/c22-16-12-14(19(9-10-19)20(23,24)21(25,26)27)5-8-18(16)30-15-6-3-13(4-7-15)17(29)2-1-11-28/h1-8,12,28H,9-11H2/b2-1+. The minimum Gasteiger partial charge on any atom is -0.454 e. The Morgan fingerprint density at radius 1 is 1.07 bits per heavy atom. The van der Waals surface area contributed by atoms with E-state index in [9.17, 15) is 31.1 Å². The first kappa shape index (κ1) is 21.9. The molecule has 0 saturated heterocycles. The summed E-state index contributed by atoms with van der Waals surface area (Å²) in [7, 11) is 0. The van der Waals surface area contributed by atoms with Crippen LogP contribution in [0.5, 0.6) is 11.5 Å². The van der Waals surface area contributed by atoms with Gasteiger partial charge >= 0.3 is 12.1 Å². The maximum atomic E-state index is 14.4. The van der Waals surface area contributed by atoms with Gasteiger partial charge in [-0.05, 0) is 60.9 Å². The van der Waals surface area contributed by atoms with Gasteiger partial charge < -0.3 is 9.84 Å². The Hall–Kier alpha value is -2.81. The lowest BCUT2D eigenvalue weighted by Crippen LogP contribution is -2.47. The second-order valence-corrected chi connectivity index (χ2v) is 6.88. The van der Waals surface area contributed by atoms with Gasteiger partial charge in [0.25, 0.3) is 0 Å². The van der Waals surface area contributed by atoms with Crippen LogP contribution in [-0.4, -0.2) is 29.6 Å². The molecule has 9 heteroatoms. The predicted octanol–water partition coefficient (Wildman–Crippen LogP) is 5.58. The van der Waals surface area contributed by atoms with Crippen LogP contribution in [0.25, 0.3) is 0 Å². The molecule has 0 amide bonds. The minimum atomic E-state index is -5.74. The van der Waals surface area contributed by atoms with E-state index in [1.807, 2.05) is 0 Å². The van der Waals surface area contributed by atoms with E-state index in [0.717, 1.165) is 12.1 Å². The SMILES string of the molecule is O=C(/C=C/CO)c1ccc(Oc2ccc(C3(C(F)(F)C(F)(F)F)CC3)cc2F)cc1. The highest BCUT2D eigenvalue weighted by Gasteiger charge is 2.75. The molecule has 3 rings (SSSR count). The van der Waals surface area contributed by atoms with Crippen molar-refractivity contribution >= 4 is 5.78 Å². The molecular weight excluding hydrogens is 414 g/mol. The summed E-state index contributed by atoms with van der Waals surface area (Å²) < 4.78 is 85.8. The van der Waals surface area contributed by atoms with Gasteiger partial charge in [0.2, 0.25) is 0 Å². The summed E-state index contributed by atoms with van der Waals surface area (Å²) in [5.74, 6) is -6.65. The van der Waals surface area contributed by atoms with Crippen molar-refractivity contribution in [2.75, 3.05) is 6.61 Å². The first-order valence-electron chi connectivity index (χ1n) is 8.86. The molecule has 0 aliphatic heterocycles. The highest BCUT2D eigenvalue weighted by Crippen LogP contribution is 2.63. The number of carbonyl (C=O) groups is 1. The molecule has 0 bridgehead atoms. The molecule has 0 atom stereocenters. The number of halogens is 6. The van der Waals surface area contributed by atoms with Crippen LogP contribution in [-0.2, 0) is 5.41 Å². The van der Waals surface area contributed by atoms with E-state index in [1.165, 1.54) is 36.4 Å². The van der Waals surface area contributed by atoms with Crippen molar-refractivity contribution in [1.82, 2.24) is 0 Å². The fraction of sp³-hybridized carbons (Fsp3) is 0.286. The predicted molar refractivity (Wildman–Crippen MR) is 95.4 cm³/mol. The molecule has 2 aromatic carbocycles. The number of hydrogen-bond donors (Lipinski definition) is 1. The summed E-state index contributed by atoms with van der Waals surface area (Å²) in [5, 5.41) is 8.66. The number of ether oxygens (including phenoxy) is 1. The molecule has 0 heterocycles. The Bertz CT molecular complexity index is 960. The zero-order valence-corrected chi connectivity index (χ0v) is 15.3. The Labute approximate surface area is 167 Å². The average molecular weight is 430 g/mol. The normalized spacial score (nSPS) is 16.0. The van der Waals surface area contributed by atoms with E-state index >= 15 is 0 Å². The Balaban J connectivity index is 1.79. The van der Waals surface area contributed by atoms with Crippen molar-refractivity contribution in [1.29, 1.82) is 0 Å². The van der Waals surface area contributed by atoms with Crippen LogP contribution in [0, 0.1) is 5.82 Å². The van der Waals surface area contributed by atoms with Crippen molar-refractivity contribution in [3.05, 3.63) is 71.6 Å². The van der Waals surface area contributed by atoms with Gasteiger partial charge in [-0.2, -0.15) is 22.0 Å². The van der Waals surface area contributed by atoms with Gasteiger partial charge in [0.05, 0.1) is 12.0 Å². The molecule has 1 aliphatic carbocycles. The number of allylic oxidation sites excluding steroid dienone is 1. The summed E-state index contributed by atoms with van der Waals surface area (Å²) in [6.07, 6.45) is -4.10. The number of ketones is 1. The molecule has 160 valence electrons. The lowest BCUT2D eigenvalue weighted by molar-refractivity contribution is -0.296. The van der Waals surface area contributed by atoms with Crippen molar-refractivity contribution in [2.45, 2.75) is 30.4 Å². The van der Waals surface area contributed by atoms with Crippen LogP contribution in [0.4, 0.5) is 26.3 Å². The molecule has 0 aromatic heterocycles. The van der Waals surface area contributed by atoms with E-state index in [4.69, 9.17) is 9.84 Å². The molecule has 1 saturated carbocycles. The molecule has 2 aromatic rings. The summed E-state index contributed by atoms with van der Waals surface area (Å²) in [4.78, 5) is 11.8. The monoisotopic (exact) mass is 430 g/mol. The van der Waals surface area contributed by atoms with Crippen molar-refractivity contribution < 1.29 is 41.0 Å². The number of hydrogen-bond acceptors (Lipinski definition) is 3. The van der Waals surface area contributed by atoms with Crippen LogP contribution in [0.1, 0.15) is 28.8 Å². The third kappa shape index (κ3) is 3.94. The van der Waals surface area contributed by atoms with Crippen molar-refractivity contribution in [2.24, 2.45) is 0 Å². The van der Waals surface area contributed by atoms with Crippen LogP contribution in [0.15, 0.2) is 54.6 Å². The molecule has 1 fully saturated rings. The van der Waals surface area contributed by atoms with Gasteiger partial charge in [-0.15, -0.1) is 0 Å².